The Morgan fingerprint density at radius 3 is 2.52 bits per heavy atom. The lowest BCUT2D eigenvalue weighted by atomic mass is 10.2. The van der Waals surface area contributed by atoms with Crippen LogP contribution >= 0.6 is 0 Å². The highest BCUT2D eigenvalue weighted by Gasteiger charge is 2.16. The third-order valence-electron chi connectivity index (χ3n) is 3.47. The fraction of sp³-hybridized carbons (Fsp3) is 0.176. The Balaban J connectivity index is 1.94. The molecule has 0 atom stereocenters. The number of ether oxygens (including phenoxy) is 2. The number of nitrogens with zero attached hydrogens (tertiary/aromatic N) is 3. The van der Waals surface area contributed by atoms with Crippen LogP contribution in [0.15, 0.2) is 54.6 Å². The number of hydrogen-bond donors (Lipinski definition) is 1. The summed E-state index contributed by atoms with van der Waals surface area (Å²) in [6.45, 7) is 0.615. The molecule has 0 saturated heterocycles. The quantitative estimate of drug-likeness (QED) is 0.756. The number of nitrogens with two attached hydrogens (primary N) is 1. The topological polar surface area (TPSA) is 75.2 Å². The number of para-hydroxylation sites is 3. The molecule has 0 saturated carbocycles. The predicted octanol–water partition coefficient (Wildman–Crippen LogP) is 2.31. The molecule has 2 aromatic carbocycles. The highest BCUT2D eigenvalue weighted by Crippen LogP contribution is 2.24. The highest BCUT2D eigenvalue weighted by atomic mass is 16.5. The molecule has 0 fully saturated rings. The lowest BCUT2D eigenvalue weighted by molar-refractivity contribution is 0.296. The fourth-order valence-electron chi connectivity index (χ4n) is 2.30. The summed E-state index contributed by atoms with van der Waals surface area (Å²) < 4.78 is 12.9. The largest absolute Gasteiger partial charge is 0.494 e. The second-order valence-electron chi connectivity index (χ2n) is 4.87. The van der Waals surface area contributed by atoms with Crippen LogP contribution in [0, 0.1) is 0 Å². The van der Waals surface area contributed by atoms with Crippen molar-refractivity contribution in [1.82, 2.24) is 15.0 Å². The highest BCUT2D eigenvalue weighted by molar-refractivity contribution is 5.47. The normalized spacial score (nSPS) is 10.5. The minimum atomic E-state index is 0.294. The van der Waals surface area contributed by atoms with Gasteiger partial charge in [0.15, 0.2) is 0 Å². The number of methoxy groups -OCH3 is 1. The molecule has 23 heavy (non-hydrogen) atoms. The molecule has 0 aliphatic heterocycles. The van der Waals surface area contributed by atoms with E-state index < -0.39 is 0 Å². The molecule has 0 aliphatic rings. The zero-order chi connectivity index (χ0) is 16.1. The molecule has 3 aromatic rings. The standard InChI is InChI=1S/C17H18N4O2/c1-22-17-10-6-5-9-15(17)21-16(14(11-18)19-20-21)12-23-13-7-3-2-4-8-13/h2-10H,11-12,18H2,1H3. The molecule has 0 unspecified atom stereocenters. The lowest BCUT2D eigenvalue weighted by Gasteiger charge is -2.12. The third-order valence-corrected chi connectivity index (χ3v) is 3.47. The second kappa shape index (κ2) is 6.93. The molecule has 0 spiro atoms. The Morgan fingerprint density at radius 2 is 1.78 bits per heavy atom. The molecule has 2 N–H and O–H groups in total. The van der Waals surface area contributed by atoms with Gasteiger partial charge in [-0.05, 0) is 24.3 Å². The van der Waals surface area contributed by atoms with E-state index in [-0.39, 0.29) is 0 Å². The minimum absolute atomic E-state index is 0.294. The maximum absolute atomic E-state index is 5.83. The summed E-state index contributed by atoms with van der Waals surface area (Å²) in [6, 6.07) is 17.2. The molecule has 0 amide bonds. The average Bonchev–Trinajstić information content (AvgIpc) is 3.03. The van der Waals surface area contributed by atoms with Crippen LogP contribution in [0.4, 0.5) is 0 Å². The molecule has 3 rings (SSSR count). The molecular formula is C17H18N4O2. The van der Waals surface area contributed by atoms with Crippen LogP contribution in [0.25, 0.3) is 5.69 Å². The van der Waals surface area contributed by atoms with Gasteiger partial charge in [0.05, 0.1) is 7.11 Å². The lowest BCUT2D eigenvalue weighted by Crippen LogP contribution is -2.10. The van der Waals surface area contributed by atoms with Crippen molar-refractivity contribution in [2.24, 2.45) is 5.73 Å². The van der Waals surface area contributed by atoms with Crippen LogP contribution in [-0.2, 0) is 13.2 Å². The molecule has 1 aromatic heterocycles. The van der Waals surface area contributed by atoms with Gasteiger partial charge in [-0.25, -0.2) is 4.68 Å². The van der Waals surface area contributed by atoms with E-state index in [0.717, 1.165) is 17.1 Å². The molecular weight excluding hydrogens is 292 g/mol. The summed E-state index contributed by atoms with van der Waals surface area (Å²) in [5.74, 6) is 1.49. The predicted molar refractivity (Wildman–Crippen MR) is 86.6 cm³/mol. The van der Waals surface area contributed by atoms with Gasteiger partial charge in [-0.3, -0.25) is 0 Å². The van der Waals surface area contributed by atoms with Gasteiger partial charge in [0.1, 0.15) is 35.2 Å². The first kappa shape index (κ1) is 15.1. The first-order chi connectivity index (χ1) is 11.3. The maximum atomic E-state index is 5.83. The van der Waals surface area contributed by atoms with Crippen molar-refractivity contribution >= 4 is 0 Å². The van der Waals surface area contributed by atoms with Crippen LogP contribution < -0.4 is 15.2 Å². The molecule has 6 nitrogen and oxygen atoms in total. The SMILES string of the molecule is COc1ccccc1-n1nnc(CN)c1COc1ccccc1. The van der Waals surface area contributed by atoms with E-state index >= 15 is 0 Å². The summed E-state index contributed by atoms with van der Waals surface area (Å²) in [6.07, 6.45) is 0. The first-order valence-electron chi connectivity index (χ1n) is 7.28. The van der Waals surface area contributed by atoms with Gasteiger partial charge < -0.3 is 15.2 Å². The second-order valence-corrected chi connectivity index (χ2v) is 4.87. The van der Waals surface area contributed by atoms with E-state index in [2.05, 4.69) is 10.3 Å². The van der Waals surface area contributed by atoms with Gasteiger partial charge in [-0.15, -0.1) is 5.10 Å². The van der Waals surface area contributed by atoms with E-state index in [1.165, 1.54) is 0 Å². The van der Waals surface area contributed by atoms with Crippen LogP contribution in [0.1, 0.15) is 11.4 Å². The number of hydrogen-bond acceptors (Lipinski definition) is 5. The Morgan fingerprint density at radius 1 is 1.04 bits per heavy atom. The van der Waals surface area contributed by atoms with Crippen molar-refractivity contribution in [3.05, 3.63) is 66.0 Å². The van der Waals surface area contributed by atoms with Gasteiger partial charge in [0.2, 0.25) is 0 Å². The zero-order valence-electron chi connectivity index (χ0n) is 12.8. The van der Waals surface area contributed by atoms with Crippen LogP contribution in [0.5, 0.6) is 11.5 Å². The zero-order valence-corrected chi connectivity index (χ0v) is 12.8. The molecule has 0 aliphatic carbocycles. The summed E-state index contributed by atoms with van der Waals surface area (Å²) >= 11 is 0. The van der Waals surface area contributed by atoms with Gasteiger partial charge in [-0.2, -0.15) is 0 Å². The Labute approximate surface area is 134 Å². The summed E-state index contributed by atoms with van der Waals surface area (Å²) in [5.41, 5.74) is 8.09. The summed E-state index contributed by atoms with van der Waals surface area (Å²) in [7, 11) is 1.62. The van der Waals surface area contributed by atoms with E-state index in [1.54, 1.807) is 11.8 Å². The number of rotatable bonds is 6. The Kier molecular flexibility index (Phi) is 4.54. The Bertz CT molecular complexity index is 771. The van der Waals surface area contributed by atoms with Crippen molar-refractivity contribution < 1.29 is 9.47 Å². The average molecular weight is 310 g/mol. The summed E-state index contributed by atoms with van der Waals surface area (Å²) in [5, 5.41) is 8.36. The third kappa shape index (κ3) is 3.17. The van der Waals surface area contributed by atoms with E-state index in [0.29, 0.717) is 24.6 Å². The van der Waals surface area contributed by atoms with Gasteiger partial charge in [0, 0.05) is 6.54 Å². The molecule has 118 valence electrons. The molecule has 6 heteroatoms. The summed E-state index contributed by atoms with van der Waals surface area (Å²) in [4.78, 5) is 0. The maximum Gasteiger partial charge on any atom is 0.144 e. The molecule has 0 bridgehead atoms. The van der Waals surface area contributed by atoms with E-state index in [9.17, 15) is 0 Å². The first-order valence-corrected chi connectivity index (χ1v) is 7.28. The van der Waals surface area contributed by atoms with Crippen LogP contribution in [0.2, 0.25) is 0 Å². The molecule has 0 radical (unpaired) electrons. The Hall–Kier alpha value is -2.86. The van der Waals surface area contributed by atoms with Crippen LogP contribution in [0.3, 0.4) is 0 Å². The van der Waals surface area contributed by atoms with E-state index in [4.69, 9.17) is 15.2 Å². The van der Waals surface area contributed by atoms with Crippen molar-refractivity contribution in [2.45, 2.75) is 13.2 Å². The van der Waals surface area contributed by atoms with Gasteiger partial charge >= 0.3 is 0 Å². The van der Waals surface area contributed by atoms with Crippen molar-refractivity contribution in [2.75, 3.05) is 7.11 Å². The monoisotopic (exact) mass is 310 g/mol. The van der Waals surface area contributed by atoms with Crippen molar-refractivity contribution in [1.29, 1.82) is 0 Å². The van der Waals surface area contributed by atoms with Gasteiger partial charge in [-0.1, -0.05) is 35.5 Å². The van der Waals surface area contributed by atoms with Crippen molar-refractivity contribution in [3.63, 3.8) is 0 Å². The van der Waals surface area contributed by atoms with E-state index in [1.807, 2.05) is 54.6 Å². The molecule has 1 heterocycles. The van der Waals surface area contributed by atoms with Gasteiger partial charge in [0.25, 0.3) is 0 Å². The minimum Gasteiger partial charge on any atom is -0.494 e. The number of aromatic nitrogens is 3. The smallest absolute Gasteiger partial charge is 0.144 e. The number of benzene rings is 2. The fourth-order valence-corrected chi connectivity index (χ4v) is 2.30. The van der Waals surface area contributed by atoms with Crippen LogP contribution in [-0.4, -0.2) is 22.1 Å². The van der Waals surface area contributed by atoms with Crippen molar-refractivity contribution in [3.8, 4) is 17.2 Å².